The zero-order chi connectivity index (χ0) is 13.3. The van der Waals surface area contributed by atoms with E-state index < -0.39 is 14.5 Å². The van der Waals surface area contributed by atoms with Crippen molar-refractivity contribution in [2.45, 2.75) is 45.3 Å². The lowest BCUT2D eigenvalue weighted by atomic mass is 10.2. The van der Waals surface area contributed by atoms with Crippen molar-refractivity contribution in [3.63, 3.8) is 0 Å². The van der Waals surface area contributed by atoms with Crippen molar-refractivity contribution in [3.8, 4) is 0 Å². The molecule has 0 bridgehead atoms. The molecule has 0 rings (SSSR count). The molecule has 0 N–H and O–H groups in total. The number of ether oxygens (including phenoxy) is 1. The number of carbonyl (C=O) groups excluding carboxylic acids is 1. The molecule has 5 nitrogen and oxygen atoms in total. The van der Waals surface area contributed by atoms with Gasteiger partial charge in [0.2, 0.25) is 0 Å². The minimum absolute atomic E-state index is 0.221. The van der Waals surface area contributed by atoms with Gasteiger partial charge in [-0.25, -0.2) is 0 Å². The van der Waals surface area contributed by atoms with Crippen molar-refractivity contribution in [1.82, 2.24) is 0 Å². The molecule has 1 atom stereocenters. The van der Waals surface area contributed by atoms with Gasteiger partial charge in [0.05, 0.1) is 0 Å². The zero-order valence-corrected chi connectivity index (χ0v) is 12.4. The van der Waals surface area contributed by atoms with Gasteiger partial charge < -0.3 is 18.0 Å². The van der Waals surface area contributed by atoms with Crippen LogP contribution in [0.1, 0.15) is 39.5 Å². The normalized spacial score (nSPS) is 13.5. The van der Waals surface area contributed by atoms with Crippen molar-refractivity contribution >= 4 is 14.8 Å². The maximum Gasteiger partial charge on any atom is 0.543 e. The average molecular weight is 264 g/mol. The number of hydrogen-bond donors (Lipinski definition) is 0. The highest BCUT2D eigenvalue weighted by molar-refractivity contribution is 6.62. The van der Waals surface area contributed by atoms with Crippen molar-refractivity contribution in [2.75, 3.05) is 21.3 Å². The molecule has 1 unspecified atom stereocenters. The molecular weight excluding hydrogens is 240 g/mol. The Bertz CT molecular complexity index is 210. The first-order chi connectivity index (χ1) is 8.10. The van der Waals surface area contributed by atoms with Crippen LogP contribution in [-0.4, -0.2) is 41.8 Å². The summed E-state index contributed by atoms with van der Waals surface area (Å²) < 4.78 is 21.3. The van der Waals surface area contributed by atoms with E-state index in [4.69, 9.17) is 18.0 Å². The van der Waals surface area contributed by atoms with E-state index in [2.05, 4.69) is 0 Å². The van der Waals surface area contributed by atoms with Crippen molar-refractivity contribution in [1.29, 1.82) is 0 Å². The molecule has 102 valence electrons. The lowest BCUT2D eigenvalue weighted by molar-refractivity contribution is -0.148. The quantitative estimate of drug-likeness (QED) is 0.470. The van der Waals surface area contributed by atoms with Gasteiger partial charge in [-0.15, -0.1) is 0 Å². The summed E-state index contributed by atoms with van der Waals surface area (Å²) in [4.78, 5) is 11.6. The standard InChI is InChI=1S/C11H24O5Si/c1-6-8-9-10(12)16-11(7-2)17(13-3,14-4)15-5/h11H,6-9H2,1-5H3. The number of esters is 1. The van der Waals surface area contributed by atoms with E-state index in [0.717, 1.165) is 12.8 Å². The molecule has 0 aromatic heterocycles. The fourth-order valence-corrected chi connectivity index (χ4v) is 3.65. The lowest BCUT2D eigenvalue weighted by Crippen LogP contribution is -2.55. The highest BCUT2D eigenvalue weighted by Crippen LogP contribution is 2.19. The van der Waals surface area contributed by atoms with Crippen LogP contribution in [0.4, 0.5) is 0 Å². The van der Waals surface area contributed by atoms with Crippen LogP contribution in [0.3, 0.4) is 0 Å². The third kappa shape index (κ3) is 4.75. The predicted octanol–water partition coefficient (Wildman–Crippen LogP) is 1.92. The Morgan fingerprint density at radius 3 is 2.00 bits per heavy atom. The Kier molecular flexibility index (Phi) is 8.41. The van der Waals surface area contributed by atoms with E-state index in [1.807, 2.05) is 13.8 Å². The van der Waals surface area contributed by atoms with Gasteiger partial charge in [0.1, 0.15) is 0 Å². The van der Waals surface area contributed by atoms with Crippen LogP contribution < -0.4 is 0 Å². The molecular formula is C11H24O5Si. The Balaban J connectivity index is 4.53. The summed E-state index contributed by atoms with van der Waals surface area (Å²) in [6.07, 6.45) is 2.83. The van der Waals surface area contributed by atoms with Gasteiger partial charge >= 0.3 is 14.8 Å². The monoisotopic (exact) mass is 264 g/mol. The van der Waals surface area contributed by atoms with Crippen LogP contribution in [0.25, 0.3) is 0 Å². The second-order valence-electron chi connectivity index (χ2n) is 3.71. The average Bonchev–Trinajstić information content (AvgIpc) is 2.37. The molecule has 0 aliphatic heterocycles. The summed E-state index contributed by atoms with van der Waals surface area (Å²) >= 11 is 0. The van der Waals surface area contributed by atoms with Crippen LogP contribution in [0, 0.1) is 0 Å². The molecule has 0 radical (unpaired) electrons. The summed E-state index contributed by atoms with van der Waals surface area (Å²) in [5, 5.41) is 0. The van der Waals surface area contributed by atoms with E-state index in [9.17, 15) is 4.79 Å². The van der Waals surface area contributed by atoms with Gasteiger partial charge in [0.15, 0.2) is 5.73 Å². The van der Waals surface area contributed by atoms with Gasteiger partial charge in [0.25, 0.3) is 0 Å². The smallest absolute Gasteiger partial charge is 0.458 e. The molecule has 0 aromatic carbocycles. The fraction of sp³-hybridized carbons (Fsp3) is 0.909. The summed E-state index contributed by atoms with van der Waals surface area (Å²) in [7, 11) is 1.66. The first-order valence-electron chi connectivity index (χ1n) is 5.95. The number of carbonyl (C=O) groups is 1. The molecule has 0 fully saturated rings. The number of hydrogen-bond acceptors (Lipinski definition) is 5. The zero-order valence-electron chi connectivity index (χ0n) is 11.4. The Morgan fingerprint density at radius 1 is 1.12 bits per heavy atom. The topological polar surface area (TPSA) is 54.0 Å². The summed E-state index contributed by atoms with van der Waals surface area (Å²) in [5.41, 5.74) is -0.438. The molecule has 0 aromatic rings. The third-order valence-electron chi connectivity index (χ3n) is 2.63. The third-order valence-corrected chi connectivity index (χ3v) is 5.65. The summed E-state index contributed by atoms with van der Waals surface area (Å²) in [6, 6.07) is 0. The van der Waals surface area contributed by atoms with Crippen LogP contribution in [-0.2, 0) is 22.8 Å². The Labute approximate surface area is 105 Å². The van der Waals surface area contributed by atoms with Crippen molar-refractivity contribution in [2.24, 2.45) is 0 Å². The van der Waals surface area contributed by atoms with Gasteiger partial charge in [-0.1, -0.05) is 20.3 Å². The van der Waals surface area contributed by atoms with E-state index >= 15 is 0 Å². The summed E-state index contributed by atoms with van der Waals surface area (Å²) in [5.74, 6) is -0.221. The minimum atomic E-state index is -2.89. The second kappa shape index (κ2) is 8.63. The maximum atomic E-state index is 11.6. The van der Waals surface area contributed by atoms with E-state index in [-0.39, 0.29) is 5.97 Å². The van der Waals surface area contributed by atoms with Gasteiger partial charge in [-0.05, 0) is 12.8 Å². The lowest BCUT2D eigenvalue weighted by Gasteiger charge is -2.31. The highest BCUT2D eigenvalue weighted by Gasteiger charge is 2.49. The molecule has 0 saturated carbocycles. The molecule has 0 saturated heterocycles. The van der Waals surface area contributed by atoms with Gasteiger partial charge in [-0.2, -0.15) is 0 Å². The summed E-state index contributed by atoms with van der Waals surface area (Å²) in [6.45, 7) is 3.94. The van der Waals surface area contributed by atoms with Crippen LogP contribution in [0.2, 0.25) is 0 Å². The van der Waals surface area contributed by atoms with Gasteiger partial charge in [-0.3, -0.25) is 4.79 Å². The molecule has 17 heavy (non-hydrogen) atoms. The number of rotatable bonds is 9. The van der Waals surface area contributed by atoms with Crippen LogP contribution in [0.15, 0.2) is 0 Å². The maximum absolute atomic E-state index is 11.6. The largest absolute Gasteiger partial charge is 0.543 e. The first kappa shape index (κ1) is 16.6. The van der Waals surface area contributed by atoms with E-state index in [1.54, 1.807) is 0 Å². The van der Waals surface area contributed by atoms with E-state index in [1.165, 1.54) is 21.3 Å². The fourth-order valence-electron chi connectivity index (χ4n) is 1.59. The number of unbranched alkanes of at least 4 members (excludes halogenated alkanes) is 1. The molecule has 0 heterocycles. The van der Waals surface area contributed by atoms with Crippen LogP contribution in [0.5, 0.6) is 0 Å². The van der Waals surface area contributed by atoms with Crippen molar-refractivity contribution in [3.05, 3.63) is 0 Å². The van der Waals surface area contributed by atoms with Crippen molar-refractivity contribution < 1.29 is 22.8 Å². The second-order valence-corrected chi connectivity index (χ2v) is 6.78. The Hall–Kier alpha value is -0.433. The highest BCUT2D eigenvalue weighted by atomic mass is 28.4. The first-order valence-corrected chi connectivity index (χ1v) is 7.75. The van der Waals surface area contributed by atoms with Crippen LogP contribution >= 0.6 is 0 Å². The molecule has 0 spiro atoms. The Morgan fingerprint density at radius 2 is 1.65 bits per heavy atom. The molecule has 0 aliphatic rings. The SMILES string of the molecule is CCCCC(=O)OC(CC)[Si](OC)(OC)OC. The molecule has 0 amide bonds. The minimum Gasteiger partial charge on any atom is -0.458 e. The van der Waals surface area contributed by atoms with E-state index in [0.29, 0.717) is 12.8 Å². The predicted molar refractivity (Wildman–Crippen MR) is 66.5 cm³/mol. The van der Waals surface area contributed by atoms with Gasteiger partial charge in [0, 0.05) is 27.8 Å². The molecule has 0 aliphatic carbocycles. The molecule has 6 heteroatoms.